The topological polar surface area (TPSA) is 143 Å². The molecular formula is C14H15F3N2O7S. The summed E-state index contributed by atoms with van der Waals surface area (Å²) >= 11 is 0. The molecule has 27 heavy (non-hydrogen) atoms. The molecule has 0 aliphatic rings. The second-order valence-corrected chi connectivity index (χ2v) is 6.48. The average molecular weight is 412 g/mol. The maximum Gasteiger partial charge on any atom is 0.416 e. The fourth-order valence-corrected chi connectivity index (χ4v) is 2.52. The number of benzene rings is 1. The Morgan fingerprint density at radius 3 is 2.22 bits per heavy atom. The van der Waals surface area contributed by atoms with E-state index < -0.39 is 56.3 Å². The first-order valence-corrected chi connectivity index (χ1v) is 8.75. The standard InChI is InChI=1S/C14H15F3N2O7S/c1-3-13(11(20)21,12(22)26-4-2)19-18-9-7-8(14(15,16)17)5-6-10(9)27(23,24)25/h5-7H,3-4H2,1-2H3,(H,20,21)(H,23,24,25). The van der Waals surface area contributed by atoms with E-state index in [2.05, 4.69) is 15.0 Å². The Morgan fingerprint density at radius 2 is 1.81 bits per heavy atom. The van der Waals surface area contributed by atoms with Crippen molar-refractivity contribution in [1.82, 2.24) is 0 Å². The number of nitrogens with zero attached hydrogens (tertiary/aromatic N) is 2. The number of rotatable bonds is 7. The number of carbonyl (C=O) groups excluding carboxylic acids is 1. The van der Waals surface area contributed by atoms with Crippen LogP contribution in [0.2, 0.25) is 0 Å². The van der Waals surface area contributed by atoms with Crippen LogP contribution in [0.4, 0.5) is 18.9 Å². The first kappa shape index (κ1) is 22.5. The van der Waals surface area contributed by atoms with Crippen LogP contribution in [0.5, 0.6) is 0 Å². The molecule has 1 rings (SSSR count). The summed E-state index contributed by atoms with van der Waals surface area (Å²) in [7, 11) is -5.01. The van der Waals surface area contributed by atoms with Crippen molar-refractivity contribution in [1.29, 1.82) is 0 Å². The third-order valence-electron chi connectivity index (χ3n) is 3.37. The Morgan fingerprint density at radius 1 is 1.22 bits per heavy atom. The monoisotopic (exact) mass is 412 g/mol. The molecule has 13 heteroatoms. The first-order chi connectivity index (χ1) is 12.3. The molecule has 0 saturated heterocycles. The number of carbonyl (C=O) groups is 2. The quantitative estimate of drug-likeness (QED) is 0.303. The van der Waals surface area contributed by atoms with Gasteiger partial charge in [-0.25, -0.2) is 9.59 Å². The number of carboxylic acid groups (broad SMARTS) is 1. The first-order valence-electron chi connectivity index (χ1n) is 7.31. The van der Waals surface area contributed by atoms with Gasteiger partial charge in [0.1, 0.15) is 10.6 Å². The summed E-state index contributed by atoms with van der Waals surface area (Å²) in [5, 5.41) is 15.8. The molecule has 9 nitrogen and oxygen atoms in total. The number of halogens is 3. The lowest BCUT2D eigenvalue weighted by Crippen LogP contribution is -2.45. The van der Waals surface area contributed by atoms with Crippen LogP contribution in [0.15, 0.2) is 33.3 Å². The SMILES string of the molecule is CCOC(=O)C(CC)(N=Nc1cc(C(F)(F)F)ccc1S(=O)(=O)O)C(=O)O. The van der Waals surface area contributed by atoms with Crippen molar-refractivity contribution >= 4 is 27.7 Å². The number of carboxylic acids is 1. The molecular weight excluding hydrogens is 397 g/mol. The van der Waals surface area contributed by atoms with Crippen LogP contribution in [0.1, 0.15) is 25.8 Å². The Kier molecular flexibility index (Phi) is 6.67. The van der Waals surface area contributed by atoms with Crippen LogP contribution >= 0.6 is 0 Å². The highest BCUT2D eigenvalue weighted by atomic mass is 32.2. The molecule has 1 unspecified atom stereocenters. The van der Waals surface area contributed by atoms with Crippen LogP contribution in [-0.4, -0.2) is 42.2 Å². The Balaban J connectivity index is 3.62. The smallest absolute Gasteiger partial charge is 0.416 e. The molecule has 150 valence electrons. The van der Waals surface area contributed by atoms with E-state index in [-0.39, 0.29) is 12.7 Å². The van der Waals surface area contributed by atoms with Gasteiger partial charge in [-0.1, -0.05) is 6.92 Å². The minimum atomic E-state index is -5.01. The molecule has 0 amide bonds. The van der Waals surface area contributed by atoms with Gasteiger partial charge in [-0.3, -0.25) is 4.55 Å². The van der Waals surface area contributed by atoms with Gasteiger partial charge in [0.05, 0.1) is 12.2 Å². The van der Waals surface area contributed by atoms with Crippen molar-refractivity contribution in [3.63, 3.8) is 0 Å². The summed E-state index contributed by atoms with van der Waals surface area (Å²) in [4.78, 5) is 22.4. The minimum absolute atomic E-state index is 0.205. The highest BCUT2D eigenvalue weighted by Gasteiger charge is 2.47. The number of hydrogen-bond acceptors (Lipinski definition) is 7. The van der Waals surface area contributed by atoms with Crippen LogP contribution in [0, 0.1) is 0 Å². The summed E-state index contributed by atoms with van der Waals surface area (Å²) in [6.07, 6.45) is -5.36. The Hall–Kier alpha value is -2.54. The second-order valence-electron chi connectivity index (χ2n) is 5.09. The van der Waals surface area contributed by atoms with Gasteiger partial charge in [-0.15, -0.1) is 0 Å². The van der Waals surface area contributed by atoms with E-state index in [0.717, 1.165) is 0 Å². The third kappa shape index (κ3) is 5.01. The highest BCUT2D eigenvalue weighted by Crippen LogP contribution is 2.35. The number of hydrogen-bond donors (Lipinski definition) is 2. The predicted octanol–water partition coefficient (Wildman–Crippen LogP) is 2.83. The molecule has 0 radical (unpaired) electrons. The lowest BCUT2D eigenvalue weighted by molar-refractivity contribution is -0.161. The fourth-order valence-electron chi connectivity index (χ4n) is 1.92. The van der Waals surface area contributed by atoms with E-state index in [0.29, 0.717) is 12.1 Å². The van der Waals surface area contributed by atoms with Crippen molar-refractivity contribution in [2.24, 2.45) is 10.2 Å². The van der Waals surface area contributed by atoms with E-state index in [4.69, 9.17) is 4.55 Å². The van der Waals surface area contributed by atoms with Gasteiger partial charge < -0.3 is 9.84 Å². The average Bonchev–Trinajstić information content (AvgIpc) is 2.53. The van der Waals surface area contributed by atoms with Crippen LogP contribution in [0.25, 0.3) is 0 Å². The number of aliphatic carboxylic acids is 1. The summed E-state index contributed by atoms with van der Waals surface area (Å²) in [6.45, 7) is 2.42. The molecule has 0 heterocycles. The van der Waals surface area contributed by atoms with Crippen LogP contribution in [-0.2, 0) is 30.6 Å². The van der Waals surface area contributed by atoms with Gasteiger partial charge in [-0.2, -0.15) is 31.8 Å². The van der Waals surface area contributed by atoms with Gasteiger partial charge in [0.2, 0.25) is 0 Å². The minimum Gasteiger partial charge on any atom is -0.479 e. The van der Waals surface area contributed by atoms with Gasteiger partial charge in [0.15, 0.2) is 0 Å². The molecule has 0 bridgehead atoms. The summed E-state index contributed by atoms with van der Waals surface area (Å²) < 4.78 is 74.9. The Labute approximate surface area is 151 Å². The van der Waals surface area contributed by atoms with Gasteiger partial charge in [-0.05, 0) is 31.5 Å². The largest absolute Gasteiger partial charge is 0.479 e. The molecule has 0 saturated carbocycles. The van der Waals surface area contributed by atoms with Gasteiger partial charge in [0, 0.05) is 0 Å². The fraction of sp³-hybridized carbons (Fsp3) is 0.429. The molecule has 0 spiro atoms. The second kappa shape index (κ2) is 8.00. The van der Waals surface area contributed by atoms with E-state index in [1.54, 1.807) is 0 Å². The van der Waals surface area contributed by atoms with Crippen molar-refractivity contribution in [2.45, 2.75) is 36.9 Å². The van der Waals surface area contributed by atoms with Crippen LogP contribution in [0.3, 0.4) is 0 Å². The van der Waals surface area contributed by atoms with E-state index >= 15 is 0 Å². The normalized spacial score (nSPS) is 14.7. The predicted molar refractivity (Wildman–Crippen MR) is 83.1 cm³/mol. The zero-order valence-electron chi connectivity index (χ0n) is 14.0. The maximum atomic E-state index is 12.8. The molecule has 0 aromatic heterocycles. The van der Waals surface area contributed by atoms with Crippen molar-refractivity contribution in [3.05, 3.63) is 23.8 Å². The molecule has 1 aromatic rings. The number of ether oxygens (including phenoxy) is 1. The lowest BCUT2D eigenvalue weighted by Gasteiger charge is -2.20. The third-order valence-corrected chi connectivity index (χ3v) is 4.27. The van der Waals surface area contributed by atoms with Crippen LogP contribution < -0.4 is 0 Å². The maximum absolute atomic E-state index is 12.8. The number of esters is 1. The van der Waals surface area contributed by atoms with Gasteiger partial charge >= 0.3 is 18.1 Å². The number of alkyl halides is 3. The molecule has 1 atom stereocenters. The molecule has 0 aliphatic heterocycles. The number of azo groups is 1. The molecule has 0 aliphatic carbocycles. The highest BCUT2D eigenvalue weighted by molar-refractivity contribution is 7.86. The summed E-state index contributed by atoms with van der Waals surface area (Å²) in [6, 6.07) is 1.07. The zero-order valence-corrected chi connectivity index (χ0v) is 14.8. The molecule has 2 N–H and O–H groups in total. The van der Waals surface area contributed by atoms with E-state index in [1.165, 1.54) is 13.8 Å². The zero-order chi connectivity index (χ0) is 21.0. The van der Waals surface area contributed by atoms with Crippen molar-refractivity contribution in [2.75, 3.05) is 6.61 Å². The summed E-state index contributed by atoms with van der Waals surface area (Å²) in [5.74, 6) is -3.13. The lowest BCUT2D eigenvalue weighted by atomic mass is 9.98. The summed E-state index contributed by atoms with van der Waals surface area (Å²) in [5.41, 5.74) is -4.91. The van der Waals surface area contributed by atoms with E-state index in [1.807, 2.05) is 0 Å². The van der Waals surface area contributed by atoms with Crippen molar-refractivity contribution < 1.29 is 45.6 Å². The van der Waals surface area contributed by atoms with Crippen molar-refractivity contribution in [3.8, 4) is 0 Å². The van der Waals surface area contributed by atoms with E-state index in [9.17, 15) is 36.3 Å². The molecule has 0 fully saturated rings. The van der Waals surface area contributed by atoms with Gasteiger partial charge in [0.25, 0.3) is 15.7 Å². The Bertz CT molecular complexity index is 868. The molecule has 1 aromatic carbocycles.